The summed E-state index contributed by atoms with van der Waals surface area (Å²) in [5, 5.41) is 0. The first-order valence-electron chi connectivity index (χ1n) is 5.14. The Balaban J connectivity index is 2.13. The van der Waals surface area contributed by atoms with Crippen LogP contribution in [0.1, 0.15) is 29.0 Å². The average molecular weight is 228 g/mol. The minimum atomic E-state index is 0.0370. The fourth-order valence-corrected chi connectivity index (χ4v) is 2.31. The monoisotopic (exact) mass is 227 g/mol. The number of nitrogens with zero attached hydrogens (tertiary/aromatic N) is 1. The van der Waals surface area contributed by atoms with Crippen LogP contribution in [0.15, 0.2) is 16.7 Å². The molecule has 1 atom stereocenters. The third-order valence-corrected chi connectivity index (χ3v) is 3.15. The largest absolute Gasteiger partial charge is 0.469 e. The van der Waals surface area contributed by atoms with Crippen LogP contribution in [-0.2, 0) is 0 Å². The van der Waals surface area contributed by atoms with Gasteiger partial charge in [-0.2, -0.15) is 0 Å². The highest BCUT2D eigenvalue weighted by molar-refractivity contribution is 6.18. The predicted molar refractivity (Wildman–Crippen MR) is 58.2 cm³/mol. The lowest BCUT2D eigenvalue weighted by Crippen LogP contribution is -2.36. The van der Waals surface area contributed by atoms with E-state index in [1.807, 2.05) is 11.8 Å². The van der Waals surface area contributed by atoms with E-state index < -0.39 is 0 Å². The first-order chi connectivity index (χ1) is 7.22. The van der Waals surface area contributed by atoms with Crippen LogP contribution in [-0.4, -0.2) is 29.3 Å². The van der Waals surface area contributed by atoms with Crippen molar-refractivity contribution in [3.63, 3.8) is 0 Å². The highest BCUT2D eigenvalue weighted by atomic mass is 35.5. The molecule has 1 aliphatic heterocycles. The Hall–Kier alpha value is -0.960. The van der Waals surface area contributed by atoms with E-state index >= 15 is 0 Å². The number of carbonyl (C=O) groups excluding carboxylic acids is 1. The number of likely N-dealkylation sites (tertiary alicyclic amines) is 1. The third-order valence-electron chi connectivity index (χ3n) is 2.79. The van der Waals surface area contributed by atoms with E-state index in [4.69, 9.17) is 16.0 Å². The molecule has 1 amide bonds. The van der Waals surface area contributed by atoms with E-state index in [-0.39, 0.29) is 11.9 Å². The first kappa shape index (κ1) is 10.6. The van der Waals surface area contributed by atoms with Crippen molar-refractivity contribution in [2.24, 2.45) is 0 Å². The summed E-state index contributed by atoms with van der Waals surface area (Å²) in [6.45, 7) is 2.64. The van der Waals surface area contributed by atoms with Crippen LogP contribution in [0, 0.1) is 6.92 Å². The molecule has 1 unspecified atom stereocenters. The van der Waals surface area contributed by atoms with Gasteiger partial charge in [-0.15, -0.1) is 11.6 Å². The van der Waals surface area contributed by atoms with Gasteiger partial charge in [0, 0.05) is 18.5 Å². The van der Waals surface area contributed by atoms with Gasteiger partial charge in [-0.1, -0.05) is 0 Å². The Labute approximate surface area is 94.0 Å². The van der Waals surface area contributed by atoms with Crippen LogP contribution in [0.2, 0.25) is 0 Å². The van der Waals surface area contributed by atoms with Crippen LogP contribution in [0.25, 0.3) is 0 Å². The van der Waals surface area contributed by atoms with E-state index in [0.29, 0.717) is 11.4 Å². The van der Waals surface area contributed by atoms with Crippen molar-refractivity contribution in [2.45, 2.75) is 25.8 Å². The van der Waals surface area contributed by atoms with Crippen molar-refractivity contribution in [3.8, 4) is 0 Å². The Morgan fingerprint density at radius 2 is 2.53 bits per heavy atom. The van der Waals surface area contributed by atoms with Gasteiger partial charge in [-0.3, -0.25) is 4.79 Å². The molecule has 3 nitrogen and oxygen atoms in total. The summed E-state index contributed by atoms with van der Waals surface area (Å²) < 4.78 is 5.13. The summed E-state index contributed by atoms with van der Waals surface area (Å²) in [4.78, 5) is 13.9. The second kappa shape index (κ2) is 4.27. The normalized spacial score (nSPS) is 20.9. The van der Waals surface area contributed by atoms with E-state index in [1.54, 1.807) is 6.07 Å². The number of aryl methyl sites for hydroxylation is 1. The summed E-state index contributed by atoms with van der Waals surface area (Å²) >= 11 is 5.82. The standard InChI is InChI=1S/C11H14ClNO2/c1-8-5-9(7-15-8)11(14)13-4-2-3-10(13)6-12/h5,7,10H,2-4,6H2,1H3. The molecule has 1 aromatic heterocycles. The number of hydrogen-bond donors (Lipinski definition) is 0. The Morgan fingerprint density at radius 3 is 3.13 bits per heavy atom. The quantitative estimate of drug-likeness (QED) is 0.728. The molecule has 82 valence electrons. The van der Waals surface area contributed by atoms with Gasteiger partial charge in [0.05, 0.1) is 5.56 Å². The lowest BCUT2D eigenvalue weighted by Gasteiger charge is -2.21. The van der Waals surface area contributed by atoms with Gasteiger partial charge in [-0.05, 0) is 25.8 Å². The van der Waals surface area contributed by atoms with Crippen molar-refractivity contribution in [1.82, 2.24) is 4.90 Å². The van der Waals surface area contributed by atoms with Gasteiger partial charge in [0.2, 0.25) is 0 Å². The average Bonchev–Trinajstić information content (AvgIpc) is 2.84. The summed E-state index contributed by atoms with van der Waals surface area (Å²) in [6.07, 6.45) is 3.56. The van der Waals surface area contributed by atoms with Gasteiger partial charge in [0.1, 0.15) is 12.0 Å². The molecule has 0 aromatic carbocycles. The zero-order valence-corrected chi connectivity index (χ0v) is 9.46. The zero-order chi connectivity index (χ0) is 10.8. The summed E-state index contributed by atoms with van der Waals surface area (Å²) in [7, 11) is 0. The summed E-state index contributed by atoms with van der Waals surface area (Å²) in [5.41, 5.74) is 0.629. The molecule has 1 aliphatic rings. The number of hydrogen-bond acceptors (Lipinski definition) is 2. The molecule has 0 radical (unpaired) electrons. The Bertz CT molecular complexity index is 361. The molecule has 1 fully saturated rings. The molecule has 2 rings (SSSR count). The minimum absolute atomic E-state index is 0.0370. The van der Waals surface area contributed by atoms with Crippen molar-refractivity contribution >= 4 is 17.5 Å². The second-order valence-electron chi connectivity index (χ2n) is 3.89. The van der Waals surface area contributed by atoms with Crippen molar-refractivity contribution < 1.29 is 9.21 Å². The fraction of sp³-hybridized carbons (Fsp3) is 0.545. The molecule has 0 spiro atoms. The molecule has 0 saturated carbocycles. The number of amides is 1. The second-order valence-corrected chi connectivity index (χ2v) is 4.20. The highest BCUT2D eigenvalue weighted by Crippen LogP contribution is 2.21. The van der Waals surface area contributed by atoms with E-state index in [2.05, 4.69) is 0 Å². The lowest BCUT2D eigenvalue weighted by molar-refractivity contribution is 0.0748. The smallest absolute Gasteiger partial charge is 0.257 e. The van der Waals surface area contributed by atoms with E-state index in [1.165, 1.54) is 6.26 Å². The molecule has 0 aliphatic carbocycles. The van der Waals surface area contributed by atoms with Gasteiger partial charge >= 0.3 is 0 Å². The Kier molecular flexibility index (Phi) is 3.00. The molecule has 1 saturated heterocycles. The first-order valence-corrected chi connectivity index (χ1v) is 5.68. The van der Waals surface area contributed by atoms with Crippen molar-refractivity contribution in [1.29, 1.82) is 0 Å². The highest BCUT2D eigenvalue weighted by Gasteiger charge is 2.29. The minimum Gasteiger partial charge on any atom is -0.469 e. The number of alkyl halides is 1. The molecule has 0 N–H and O–H groups in total. The fourth-order valence-electron chi connectivity index (χ4n) is 1.98. The van der Waals surface area contributed by atoms with E-state index in [0.717, 1.165) is 25.1 Å². The van der Waals surface area contributed by atoms with Gasteiger partial charge in [0.25, 0.3) is 5.91 Å². The topological polar surface area (TPSA) is 33.5 Å². The number of carbonyl (C=O) groups is 1. The molecule has 1 aromatic rings. The van der Waals surface area contributed by atoms with Gasteiger partial charge < -0.3 is 9.32 Å². The van der Waals surface area contributed by atoms with Crippen LogP contribution in [0.5, 0.6) is 0 Å². The van der Waals surface area contributed by atoms with Crippen molar-refractivity contribution in [2.75, 3.05) is 12.4 Å². The third kappa shape index (κ3) is 2.02. The number of furan rings is 1. The summed E-state index contributed by atoms with van der Waals surface area (Å²) in [6, 6.07) is 1.96. The molecule has 15 heavy (non-hydrogen) atoms. The lowest BCUT2D eigenvalue weighted by atomic mass is 10.2. The van der Waals surface area contributed by atoms with Crippen molar-refractivity contribution in [3.05, 3.63) is 23.7 Å². The maximum Gasteiger partial charge on any atom is 0.257 e. The van der Waals surface area contributed by atoms with Gasteiger partial charge in [0.15, 0.2) is 0 Å². The maximum atomic E-state index is 12.0. The maximum absolute atomic E-state index is 12.0. The summed E-state index contributed by atoms with van der Waals surface area (Å²) in [5.74, 6) is 1.32. The zero-order valence-electron chi connectivity index (χ0n) is 8.70. The predicted octanol–water partition coefficient (Wildman–Crippen LogP) is 2.43. The SMILES string of the molecule is Cc1cc(C(=O)N2CCCC2CCl)co1. The molecular formula is C11H14ClNO2. The molecule has 4 heteroatoms. The Morgan fingerprint density at radius 1 is 1.73 bits per heavy atom. The molecular weight excluding hydrogens is 214 g/mol. The number of halogens is 1. The van der Waals surface area contributed by atoms with E-state index in [9.17, 15) is 4.79 Å². The van der Waals surface area contributed by atoms with Crippen LogP contribution >= 0.6 is 11.6 Å². The number of rotatable bonds is 2. The van der Waals surface area contributed by atoms with Crippen LogP contribution in [0.3, 0.4) is 0 Å². The van der Waals surface area contributed by atoms with Crippen LogP contribution in [0.4, 0.5) is 0 Å². The van der Waals surface area contributed by atoms with Crippen LogP contribution < -0.4 is 0 Å². The molecule has 2 heterocycles. The molecule has 0 bridgehead atoms. The van der Waals surface area contributed by atoms with Gasteiger partial charge in [-0.25, -0.2) is 0 Å².